The second kappa shape index (κ2) is 5.64. The zero-order chi connectivity index (χ0) is 17.6. The van der Waals surface area contributed by atoms with Gasteiger partial charge in [0.2, 0.25) is 0 Å². The van der Waals surface area contributed by atoms with E-state index in [1.54, 1.807) is 18.6 Å². The number of aromatic amines is 1. The summed E-state index contributed by atoms with van der Waals surface area (Å²) in [5, 5.41) is 1.95. The normalized spacial score (nSPS) is 18.4. The molecule has 0 saturated carbocycles. The first-order valence-electron chi connectivity index (χ1n) is 7.85. The fourth-order valence-corrected chi connectivity index (χ4v) is 3.32. The number of carbonyl (C=O) groups is 1. The van der Waals surface area contributed by atoms with Gasteiger partial charge < -0.3 is 15.2 Å². The number of likely N-dealkylation sites (tertiary alicyclic amines) is 1. The van der Waals surface area contributed by atoms with Crippen molar-refractivity contribution >= 4 is 22.8 Å². The van der Waals surface area contributed by atoms with E-state index >= 15 is 0 Å². The lowest BCUT2D eigenvalue weighted by Gasteiger charge is -2.25. The molecule has 2 amide bonds. The van der Waals surface area contributed by atoms with Crippen molar-refractivity contribution in [2.75, 3.05) is 13.1 Å². The number of alkyl halides is 3. The molecule has 7 nitrogen and oxygen atoms in total. The summed E-state index contributed by atoms with van der Waals surface area (Å²) < 4.78 is 39.0. The lowest BCUT2D eigenvalue weighted by atomic mass is 10.1. The maximum Gasteiger partial charge on any atom is 0.405 e. The average molecular weight is 352 g/mol. The molecule has 10 heteroatoms. The highest BCUT2D eigenvalue weighted by Gasteiger charge is 2.35. The first-order chi connectivity index (χ1) is 11.9. The van der Waals surface area contributed by atoms with Crippen molar-refractivity contribution < 1.29 is 18.0 Å². The first kappa shape index (κ1) is 15.7. The summed E-state index contributed by atoms with van der Waals surface area (Å²) in [6.45, 7) is -0.933. The van der Waals surface area contributed by atoms with Gasteiger partial charge in [0.25, 0.3) is 0 Å². The Morgan fingerprint density at radius 1 is 1.36 bits per heavy atom. The molecule has 1 unspecified atom stereocenters. The summed E-state index contributed by atoms with van der Waals surface area (Å²) in [5.41, 5.74) is 2.89. The maximum absolute atomic E-state index is 12.4. The zero-order valence-corrected chi connectivity index (χ0v) is 13.0. The molecule has 1 aliphatic heterocycles. The fraction of sp³-hybridized carbons (Fsp3) is 0.400. The Labute approximate surface area is 139 Å². The third-order valence-electron chi connectivity index (χ3n) is 4.37. The van der Waals surface area contributed by atoms with Crippen LogP contribution in [0.25, 0.3) is 16.8 Å². The van der Waals surface area contributed by atoms with Gasteiger partial charge in [0.05, 0.1) is 29.6 Å². The number of amides is 2. The van der Waals surface area contributed by atoms with Crippen LogP contribution < -0.4 is 5.32 Å². The van der Waals surface area contributed by atoms with Crippen molar-refractivity contribution in [1.29, 1.82) is 0 Å². The number of urea groups is 1. The number of aromatic nitrogens is 4. The van der Waals surface area contributed by atoms with Crippen LogP contribution in [0.5, 0.6) is 0 Å². The van der Waals surface area contributed by atoms with E-state index in [1.165, 1.54) is 4.90 Å². The van der Waals surface area contributed by atoms with Gasteiger partial charge in [-0.3, -0.25) is 4.40 Å². The van der Waals surface area contributed by atoms with Crippen LogP contribution in [0.1, 0.15) is 24.6 Å². The predicted octanol–water partition coefficient (Wildman–Crippen LogP) is 2.62. The van der Waals surface area contributed by atoms with E-state index in [1.807, 2.05) is 15.8 Å². The van der Waals surface area contributed by atoms with Crippen LogP contribution in [0.15, 0.2) is 24.7 Å². The molecular formula is C15H15F3N6O. The minimum Gasteiger partial charge on any atom is -0.345 e. The number of nitrogens with one attached hydrogen (secondary N) is 2. The predicted molar refractivity (Wildman–Crippen MR) is 83.0 cm³/mol. The third kappa shape index (κ3) is 2.77. The van der Waals surface area contributed by atoms with Crippen molar-refractivity contribution in [1.82, 2.24) is 29.6 Å². The molecular weight excluding hydrogens is 337 g/mol. The number of H-pyrrole nitrogens is 1. The first-order valence-corrected chi connectivity index (χ1v) is 7.85. The largest absolute Gasteiger partial charge is 0.405 e. The van der Waals surface area contributed by atoms with E-state index in [0.29, 0.717) is 24.3 Å². The van der Waals surface area contributed by atoms with E-state index in [-0.39, 0.29) is 6.04 Å². The Hall–Kier alpha value is -2.78. The van der Waals surface area contributed by atoms with Crippen LogP contribution in [0.2, 0.25) is 0 Å². The van der Waals surface area contributed by atoms with Crippen molar-refractivity contribution in [3.63, 3.8) is 0 Å². The lowest BCUT2D eigenvalue weighted by Crippen LogP contribution is -2.43. The van der Waals surface area contributed by atoms with Crippen molar-refractivity contribution in [2.24, 2.45) is 0 Å². The van der Waals surface area contributed by atoms with Crippen molar-refractivity contribution in [2.45, 2.75) is 25.1 Å². The number of carbonyl (C=O) groups excluding carboxylic acids is 1. The molecule has 1 atom stereocenters. The molecule has 25 heavy (non-hydrogen) atoms. The number of hydrogen-bond acceptors (Lipinski definition) is 3. The van der Waals surface area contributed by atoms with Crippen molar-refractivity contribution in [3.8, 4) is 0 Å². The highest BCUT2D eigenvalue weighted by atomic mass is 19.4. The Kier molecular flexibility index (Phi) is 3.55. The van der Waals surface area contributed by atoms with E-state index in [4.69, 9.17) is 0 Å². The van der Waals surface area contributed by atoms with Crippen molar-refractivity contribution in [3.05, 3.63) is 30.4 Å². The van der Waals surface area contributed by atoms with Gasteiger partial charge in [0, 0.05) is 12.7 Å². The summed E-state index contributed by atoms with van der Waals surface area (Å²) >= 11 is 0. The number of rotatable bonds is 2. The highest BCUT2D eigenvalue weighted by molar-refractivity contribution is 5.76. The molecule has 0 aliphatic carbocycles. The van der Waals surface area contributed by atoms with Gasteiger partial charge in [-0.2, -0.15) is 13.2 Å². The van der Waals surface area contributed by atoms with E-state index in [9.17, 15) is 18.0 Å². The second-order valence-corrected chi connectivity index (χ2v) is 5.97. The summed E-state index contributed by atoms with van der Waals surface area (Å²) in [6.07, 6.45) is 1.98. The monoisotopic (exact) mass is 352 g/mol. The molecule has 2 N–H and O–H groups in total. The zero-order valence-electron chi connectivity index (χ0n) is 13.0. The Balaban J connectivity index is 1.67. The minimum absolute atomic E-state index is 0.330. The van der Waals surface area contributed by atoms with Gasteiger partial charge in [-0.25, -0.2) is 14.8 Å². The smallest absolute Gasteiger partial charge is 0.345 e. The number of nitrogens with zero attached hydrogens (tertiary/aromatic N) is 4. The standard InChI is InChI=1S/C15H15F3N6O/c16-15(17,18)8-22-14(25)23-5-1-2-9(23)11-6-20-12-7-21-13-10(24(11)12)3-4-19-13/h3-4,6-7,9,19H,1-2,5,8H2,(H,22,25). The SMILES string of the molecule is O=C(NCC(F)(F)F)N1CCCC1c1cnc2cnc3[nH]ccc3n12. The fourth-order valence-electron chi connectivity index (χ4n) is 3.32. The van der Waals surface area contributed by atoms with Crippen LogP contribution in [0.3, 0.4) is 0 Å². The summed E-state index contributed by atoms with van der Waals surface area (Å²) in [5.74, 6) is 0. The molecule has 1 fully saturated rings. The molecule has 4 heterocycles. The Morgan fingerprint density at radius 3 is 3.00 bits per heavy atom. The van der Waals surface area contributed by atoms with E-state index < -0.39 is 18.8 Å². The van der Waals surface area contributed by atoms with Gasteiger partial charge >= 0.3 is 12.2 Å². The maximum atomic E-state index is 12.4. The van der Waals surface area contributed by atoms with Gasteiger partial charge in [0.1, 0.15) is 6.54 Å². The minimum atomic E-state index is -4.43. The number of halogens is 3. The van der Waals surface area contributed by atoms with Gasteiger partial charge in [-0.1, -0.05) is 0 Å². The van der Waals surface area contributed by atoms with Gasteiger partial charge in [-0.05, 0) is 18.9 Å². The van der Waals surface area contributed by atoms with Crippen LogP contribution in [0, 0.1) is 0 Å². The van der Waals surface area contributed by atoms with E-state index in [2.05, 4.69) is 15.0 Å². The number of imidazole rings is 1. The topological polar surface area (TPSA) is 78.3 Å². The number of fused-ring (bicyclic) bond motifs is 3. The van der Waals surface area contributed by atoms with Gasteiger partial charge in [0.15, 0.2) is 11.3 Å². The molecule has 132 valence electrons. The molecule has 0 spiro atoms. The Bertz CT molecular complexity index is 930. The molecule has 4 rings (SSSR count). The van der Waals surface area contributed by atoms with Crippen LogP contribution in [-0.4, -0.2) is 49.5 Å². The van der Waals surface area contributed by atoms with Crippen LogP contribution in [-0.2, 0) is 0 Å². The molecule has 1 aliphatic rings. The van der Waals surface area contributed by atoms with Gasteiger partial charge in [-0.15, -0.1) is 0 Å². The molecule has 1 saturated heterocycles. The average Bonchev–Trinajstić information content (AvgIpc) is 3.27. The molecule has 3 aromatic rings. The Morgan fingerprint density at radius 2 is 2.20 bits per heavy atom. The summed E-state index contributed by atoms with van der Waals surface area (Å²) in [4.78, 5) is 25.2. The molecule has 0 bridgehead atoms. The third-order valence-corrected chi connectivity index (χ3v) is 4.37. The van der Waals surface area contributed by atoms with Crippen LogP contribution >= 0.6 is 0 Å². The quantitative estimate of drug-likeness (QED) is 0.744. The number of hydrogen-bond donors (Lipinski definition) is 2. The summed E-state index contributed by atoms with van der Waals surface area (Å²) in [6, 6.07) is 0.807. The molecule has 0 aromatic carbocycles. The van der Waals surface area contributed by atoms with Crippen LogP contribution in [0.4, 0.5) is 18.0 Å². The van der Waals surface area contributed by atoms with E-state index in [0.717, 1.165) is 17.6 Å². The second-order valence-electron chi connectivity index (χ2n) is 5.97. The lowest BCUT2D eigenvalue weighted by molar-refractivity contribution is -0.123. The summed E-state index contributed by atoms with van der Waals surface area (Å²) in [7, 11) is 0. The molecule has 3 aromatic heterocycles. The molecule has 0 radical (unpaired) electrons. The highest BCUT2D eigenvalue weighted by Crippen LogP contribution is 2.33.